The fourth-order valence-electron chi connectivity index (χ4n) is 6.92. The van der Waals surface area contributed by atoms with E-state index in [-0.39, 0.29) is 0 Å². The van der Waals surface area contributed by atoms with E-state index in [1.165, 1.54) is 16.0 Å². The van der Waals surface area contributed by atoms with E-state index in [1.807, 2.05) is 72.8 Å². The molecule has 1 saturated heterocycles. The number of ether oxygens (including phenoxy) is 5. The summed E-state index contributed by atoms with van der Waals surface area (Å²) in [5, 5.41) is 0. The molecule has 1 aliphatic heterocycles. The Bertz CT molecular complexity index is 1960. The minimum atomic E-state index is -0.490. The normalized spacial score (nSPS) is 19.8. The molecule has 1 heterocycles. The lowest BCUT2D eigenvalue weighted by atomic mass is 9.89. The Balaban J connectivity index is 1.24. The van der Waals surface area contributed by atoms with Crippen molar-refractivity contribution < 1.29 is 23.7 Å². The maximum absolute atomic E-state index is 7.17. The van der Waals surface area contributed by atoms with Gasteiger partial charge in [-0.15, -0.1) is 11.8 Å². The predicted molar refractivity (Wildman–Crippen MR) is 216 cm³/mol. The fraction of sp³-hybridized carbons (Fsp3) is 0.250. The Morgan fingerprint density at radius 3 is 1.48 bits per heavy atom. The molecule has 1 aliphatic rings. The molecule has 6 aromatic carbocycles. The van der Waals surface area contributed by atoms with Gasteiger partial charge in [0.15, 0.2) is 0 Å². The molecule has 1 fully saturated rings. The number of hydrogen-bond donors (Lipinski definition) is 0. The SMILES string of the molecule is CSc1ccc(Cc2cccc([C@@H]3OC(COCc4ccccc4)[C@@H](OCc4ccccc4)[C@H](OCc4ccccc4)[C@H]3OCc3ccccc3)c2)cc1. The fourth-order valence-corrected chi connectivity index (χ4v) is 7.33. The molecule has 0 spiro atoms. The predicted octanol–water partition coefficient (Wildman–Crippen LogP) is 10.4. The first-order valence-electron chi connectivity index (χ1n) is 18.7. The van der Waals surface area contributed by atoms with Crippen LogP contribution in [-0.2, 0) is 56.5 Å². The molecule has 0 saturated carbocycles. The third-order valence-electron chi connectivity index (χ3n) is 9.73. The van der Waals surface area contributed by atoms with E-state index in [2.05, 4.69) is 103 Å². The highest BCUT2D eigenvalue weighted by Crippen LogP contribution is 2.39. The van der Waals surface area contributed by atoms with Gasteiger partial charge in [0, 0.05) is 4.90 Å². The standard InChI is InChI=1S/C48H48O5S/c1-54-43-27-25-36(26-28-43)29-41-23-14-24-42(30-41)45-47(51-33-39-19-10-4-11-20-39)48(52-34-40-21-12-5-13-22-40)46(50-32-38-17-8-3-9-18-38)44(53-45)35-49-31-37-15-6-2-7-16-37/h2-28,30,44-48H,29,31-35H2,1H3/t44?,45-,46+,47-,48-/m0/s1. The second-order valence-electron chi connectivity index (χ2n) is 13.6. The van der Waals surface area contributed by atoms with Crippen molar-refractivity contribution in [2.75, 3.05) is 12.9 Å². The molecular formula is C48H48O5S. The van der Waals surface area contributed by atoms with Crippen molar-refractivity contribution in [3.8, 4) is 0 Å². The van der Waals surface area contributed by atoms with Gasteiger partial charge in [-0.1, -0.05) is 158 Å². The molecule has 6 heteroatoms. The van der Waals surface area contributed by atoms with Crippen molar-refractivity contribution in [3.05, 3.63) is 209 Å². The van der Waals surface area contributed by atoms with E-state index in [9.17, 15) is 0 Å². The molecule has 0 aliphatic carbocycles. The average Bonchev–Trinajstić information content (AvgIpc) is 3.23. The zero-order chi connectivity index (χ0) is 36.8. The Kier molecular flexibility index (Phi) is 13.8. The summed E-state index contributed by atoms with van der Waals surface area (Å²) >= 11 is 1.75. The van der Waals surface area contributed by atoms with E-state index >= 15 is 0 Å². The monoisotopic (exact) mass is 736 g/mol. The second-order valence-corrected chi connectivity index (χ2v) is 14.5. The molecule has 0 N–H and O–H groups in total. The van der Waals surface area contributed by atoms with Crippen molar-refractivity contribution in [3.63, 3.8) is 0 Å². The third kappa shape index (κ3) is 10.6. The van der Waals surface area contributed by atoms with E-state index in [0.29, 0.717) is 33.0 Å². The van der Waals surface area contributed by atoms with Crippen LogP contribution in [0.3, 0.4) is 0 Å². The molecule has 276 valence electrons. The quantitative estimate of drug-likeness (QED) is 0.0869. The highest BCUT2D eigenvalue weighted by molar-refractivity contribution is 7.98. The number of rotatable bonds is 17. The summed E-state index contributed by atoms with van der Waals surface area (Å²) < 4.78 is 34.4. The van der Waals surface area contributed by atoms with Gasteiger partial charge >= 0.3 is 0 Å². The molecule has 7 rings (SSSR count). The Labute approximate surface area is 324 Å². The van der Waals surface area contributed by atoms with Gasteiger partial charge in [0.1, 0.15) is 30.5 Å². The number of hydrogen-bond acceptors (Lipinski definition) is 6. The van der Waals surface area contributed by atoms with Crippen LogP contribution < -0.4 is 0 Å². The molecule has 6 aromatic rings. The van der Waals surface area contributed by atoms with E-state index in [0.717, 1.165) is 34.2 Å². The molecule has 5 atom stereocenters. The Morgan fingerprint density at radius 2 is 0.944 bits per heavy atom. The number of benzene rings is 6. The zero-order valence-corrected chi connectivity index (χ0v) is 31.6. The van der Waals surface area contributed by atoms with Crippen LogP contribution in [0, 0.1) is 0 Å². The van der Waals surface area contributed by atoms with Gasteiger partial charge in [0.05, 0.1) is 33.0 Å². The highest BCUT2D eigenvalue weighted by atomic mass is 32.2. The van der Waals surface area contributed by atoms with Crippen molar-refractivity contribution in [2.24, 2.45) is 0 Å². The van der Waals surface area contributed by atoms with E-state index in [1.54, 1.807) is 11.8 Å². The lowest BCUT2D eigenvalue weighted by Gasteiger charge is -2.46. The minimum absolute atomic E-state index is 0.322. The van der Waals surface area contributed by atoms with Gasteiger partial charge in [-0.3, -0.25) is 0 Å². The van der Waals surface area contributed by atoms with Crippen molar-refractivity contribution in [1.29, 1.82) is 0 Å². The molecule has 0 bridgehead atoms. The van der Waals surface area contributed by atoms with Gasteiger partial charge < -0.3 is 23.7 Å². The third-order valence-corrected chi connectivity index (χ3v) is 10.5. The van der Waals surface area contributed by atoms with Crippen LogP contribution >= 0.6 is 11.8 Å². The maximum Gasteiger partial charge on any atom is 0.117 e. The van der Waals surface area contributed by atoms with Crippen molar-refractivity contribution >= 4 is 11.8 Å². The largest absolute Gasteiger partial charge is 0.374 e. The summed E-state index contributed by atoms with van der Waals surface area (Å²) in [5.74, 6) is 0. The average molecular weight is 737 g/mol. The minimum Gasteiger partial charge on any atom is -0.374 e. The van der Waals surface area contributed by atoms with Gasteiger partial charge in [0.25, 0.3) is 0 Å². The second kappa shape index (κ2) is 19.7. The van der Waals surface area contributed by atoms with Crippen LogP contribution in [0.25, 0.3) is 0 Å². The summed E-state index contributed by atoms with van der Waals surface area (Å²) in [6.07, 6.45) is 0.566. The van der Waals surface area contributed by atoms with Crippen molar-refractivity contribution in [2.45, 2.75) is 68.3 Å². The molecule has 5 nitrogen and oxygen atoms in total. The lowest BCUT2D eigenvalue weighted by molar-refractivity contribution is -0.275. The van der Waals surface area contributed by atoms with Gasteiger partial charge in [-0.25, -0.2) is 0 Å². The lowest BCUT2D eigenvalue weighted by Crippen LogP contribution is -2.58. The van der Waals surface area contributed by atoms with Crippen LogP contribution in [0.1, 0.15) is 45.0 Å². The summed E-state index contributed by atoms with van der Waals surface area (Å²) in [5.41, 5.74) is 7.84. The van der Waals surface area contributed by atoms with Crippen LogP contribution in [0.5, 0.6) is 0 Å². The van der Waals surface area contributed by atoms with Crippen LogP contribution in [0.4, 0.5) is 0 Å². The van der Waals surface area contributed by atoms with Crippen LogP contribution in [0.2, 0.25) is 0 Å². The van der Waals surface area contributed by atoms with E-state index in [4.69, 9.17) is 23.7 Å². The maximum atomic E-state index is 7.17. The number of thioether (sulfide) groups is 1. The molecule has 1 unspecified atom stereocenters. The molecule has 54 heavy (non-hydrogen) atoms. The molecule has 0 amide bonds. The zero-order valence-electron chi connectivity index (χ0n) is 30.7. The summed E-state index contributed by atoms with van der Waals surface area (Å²) in [6, 6.07) is 58.5. The van der Waals surface area contributed by atoms with Gasteiger partial charge in [0.2, 0.25) is 0 Å². The van der Waals surface area contributed by atoms with Crippen molar-refractivity contribution in [1.82, 2.24) is 0 Å². The van der Waals surface area contributed by atoms with Crippen LogP contribution in [-0.4, -0.2) is 37.3 Å². The molecule has 0 radical (unpaired) electrons. The first-order valence-corrected chi connectivity index (χ1v) is 19.9. The molecular weight excluding hydrogens is 689 g/mol. The summed E-state index contributed by atoms with van der Waals surface area (Å²) in [6.45, 7) is 1.99. The summed E-state index contributed by atoms with van der Waals surface area (Å²) in [7, 11) is 0. The first-order chi connectivity index (χ1) is 26.7. The first kappa shape index (κ1) is 37.8. The van der Waals surface area contributed by atoms with E-state index < -0.39 is 30.5 Å². The van der Waals surface area contributed by atoms with Crippen LogP contribution in [0.15, 0.2) is 175 Å². The molecule has 0 aromatic heterocycles. The smallest absolute Gasteiger partial charge is 0.117 e. The topological polar surface area (TPSA) is 46.2 Å². The Hall–Kier alpha value is -4.53. The highest BCUT2D eigenvalue weighted by Gasteiger charge is 2.49. The van der Waals surface area contributed by atoms with Gasteiger partial charge in [-0.05, 0) is 63.8 Å². The Morgan fingerprint density at radius 1 is 0.463 bits per heavy atom. The van der Waals surface area contributed by atoms with Gasteiger partial charge in [-0.2, -0.15) is 0 Å². The summed E-state index contributed by atoms with van der Waals surface area (Å²) in [4.78, 5) is 1.26.